The van der Waals surface area contributed by atoms with Crippen molar-refractivity contribution in [1.82, 2.24) is 4.90 Å². The molecule has 0 fully saturated rings. The Morgan fingerprint density at radius 3 is 2.63 bits per heavy atom. The third kappa shape index (κ3) is 6.04. The fourth-order valence-corrected chi connectivity index (χ4v) is 2.53. The van der Waals surface area contributed by atoms with Crippen LogP contribution in [0.5, 0.6) is 0 Å². The standard InChI is InChI=1S/C15H25BrN2O/c1-12(2)18(8-4-10-19)9-7-15(17)13-5-3-6-14(16)11-13/h3,5-6,11-12,15,19H,4,7-10,17H2,1-2H3. The summed E-state index contributed by atoms with van der Waals surface area (Å²) >= 11 is 3.47. The Bertz CT molecular complexity index is 371. The molecule has 0 aliphatic heterocycles. The first-order valence-electron chi connectivity index (χ1n) is 6.90. The van der Waals surface area contributed by atoms with Gasteiger partial charge < -0.3 is 15.7 Å². The molecule has 4 heteroatoms. The summed E-state index contributed by atoms with van der Waals surface area (Å²) in [5.41, 5.74) is 7.41. The maximum Gasteiger partial charge on any atom is 0.0443 e. The first-order valence-corrected chi connectivity index (χ1v) is 7.70. The van der Waals surface area contributed by atoms with E-state index in [1.807, 2.05) is 12.1 Å². The van der Waals surface area contributed by atoms with E-state index in [9.17, 15) is 0 Å². The zero-order valence-corrected chi connectivity index (χ0v) is 13.4. The third-order valence-corrected chi connectivity index (χ3v) is 3.83. The number of halogens is 1. The highest BCUT2D eigenvalue weighted by Crippen LogP contribution is 2.19. The van der Waals surface area contributed by atoms with Gasteiger partial charge in [0, 0.05) is 36.3 Å². The van der Waals surface area contributed by atoms with E-state index in [1.54, 1.807) is 0 Å². The van der Waals surface area contributed by atoms with Gasteiger partial charge in [-0.15, -0.1) is 0 Å². The van der Waals surface area contributed by atoms with E-state index in [2.05, 4.69) is 46.8 Å². The van der Waals surface area contributed by atoms with Crippen LogP contribution in [0.1, 0.15) is 38.3 Å². The Morgan fingerprint density at radius 2 is 2.05 bits per heavy atom. The molecule has 0 spiro atoms. The predicted molar refractivity (Wildman–Crippen MR) is 84.1 cm³/mol. The van der Waals surface area contributed by atoms with Gasteiger partial charge >= 0.3 is 0 Å². The summed E-state index contributed by atoms with van der Waals surface area (Å²) in [5, 5.41) is 8.93. The van der Waals surface area contributed by atoms with E-state index in [-0.39, 0.29) is 12.6 Å². The maximum absolute atomic E-state index is 8.93. The van der Waals surface area contributed by atoms with E-state index in [0.29, 0.717) is 6.04 Å². The molecule has 0 aliphatic carbocycles. The van der Waals surface area contributed by atoms with Crippen molar-refractivity contribution in [1.29, 1.82) is 0 Å². The van der Waals surface area contributed by atoms with Gasteiger partial charge in [-0.1, -0.05) is 28.1 Å². The van der Waals surface area contributed by atoms with Crippen LogP contribution >= 0.6 is 15.9 Å². The second-order valence-corrected chi connectivity index (χ2v) is 6.07. The minimum atomic E-state index is 0.0628. The van der Waals surface area contributed by atoms with Gasteiger partial charge in [-0.05, 0) is 44.4 Å². The van der Waals surface area contributed by atoms with Gasteiger partial charge in [-0.25, -0.2) is 0 Å². The largest absolute Gasteiger partial charge is 0.396 e. The highest BCUT2D eigenvalue weighted by atomic mass is 79.9. The van der Waals surface area contributed by atoms with Crippen LogP contribution in [0.15, 0.2) is 28.7 Å². The Kier molecular flexibility index (Phi) is 7.61. The number of nitrogens with zero attached hydrogens (tertiary/aromatic N) is 1. The Morgan fingerprint density at radius 1 is 1.32 bits per heavy atom. The predicted octanol–water partition coefficient (Wildman–Crippen LogP) is 2.93. The summed E-state index contributed by atoms with van der Waals surface area (Å²) in [4.78, 5) is 2.37. The molecule has 0 saturated heterocycles. The molecule has 0 aliphatic rings. The zero-order valence-electron chi connectivity index (χ0n) is 11.8. The lowest BCUT2D eigenvalue weighted by Gasteiger charge is -2.27. The summed E-state index contributed by atoms with van der Waals surface area (Å²) in [6.07, 6.45) is 1.75. The lowest BCUT2D eigenvalue weighted by Crippen LogP contribution is -2.34. The minimum Gasteiger partial charge on any atom is -0.396 e. The van der Waals surface area contributed by atoms with Crippen LogP contribution < -0.4 is 5.73 Å². The van der Waals surface area contributed by atoms with Crippen LogP contribution in [0.3, 0.4) is 0 Å². The Balaban J connectivity index is 2.49. The molecule has 0 amide bonds. The van der Waals surface area contributed by atoms with Crippen molar-refractivity contribution in [3.05, 3.63) is 34.3 Å². The average molecular weight is 329 g/mol. The van der Waals surface area contributed by atoms with Gasteiger partial charge in [-0.2, -0.15) is 0 Å². The van der Waals surface area contributed by atoms with E-state index in [4.69, 9.17) is 10.8 Å². The lowest BCUT2D eigenvalue weighted by atomic mass is 10.0. The molecule has 0 bridgehead atoms. The minimum absolute atomic E-state index is 0.0628. The maximum atomic E-state index is 8.93. The van der Waals surface area contributed by atoms with E-state index < -0.39 is 0 Å². The molecular weight excluding hydrogens is 304 g/mol. The fourth-order valence-electron chi connectivity index (χ4n) is 2.11. The van der Waals surface area contributed by atoms with Crippen LogP contribution in [0.2, 0.25) is 0 Å². The van der Waals surface area contributed by atoms with Gasteiger partial charge in [0.15, 0.2) is 0 Å². The molecule has 1 atom stereocenters. The number of hydrogen-bond acceptors (Lipinski definition) is 3. The van der Waals surface area contributed by atoms with Crippen LogP contribution in [-0.4, -0.2) is 35.7 Å². The van der Waals surface area contributed by atoms with E-state index in [1.165, 1.54) is 5.56 Å². The molecule has 0 radical (unpaired) electrons. The smallest absolute Gasteiger partial charge is 0.0443 e. The third-order valence-electron chi connectivity index (χ3n) is 3.34. The molecule has 3 nitrogen and oxygen atoms in total. The van der Waals surface area contributed by atoms with Crippen molar-refractivity contribution in [2.75, 3.05) is 19.7 Å². The quantitative estimate of drug-likeness (QED) is 0.771. The van der Waals surface area contributed by atoms with Gasteiger partial charge in [0.1, 0.15) is 0 Å². The van der Waals surface area contributed by atoms with Gasteiger partial charge in [0.25, 0.3) is 0 Å². The number of benzene rings is 1. The normalized spacial score (nSPS) is 13.2. The van der Waals surface area contributed by atoms with Crippen LogP contribution in [0.25, 0.3) is 0 Å². The van der Waals surface area contributed by atoms with E-state index in [0.717, 1.165) is 30.4 Å². The average Bonchev–Trinajstić information content (AvgIpc) is 2.38. The SMILES string of the molecule is CC(C)N(CCCO)CCC(N)c1cccc(Br)c1. The van der Waals surface area contributed by atoms with Gasteiger partial charge in [-0.3, -0.25) is 0 Å². The molecule has 1 aromatic rings. The molecule has 1 aromatic carbocycles. The second kappa shape index (κ2) is 8.69. The topological polar surface area (TPSA) is 49.5 Å². The number of hydrogen-bond donors (Lipinski definition) is 2. The van der Waals surface area contributed by atoms with Crippen molar-refractivity contribution >= 4 is 15.9 Å². The highest BCUT2D eigenvalue weighted by Gasteiger charge is 2.12. The van der Waals surface area contributed by atoms with Crippen molar-refractivity contribution in [2.24, 2.45) is 5.73 Å². The lowest BCUT2D eigenvalue weighted by molar-refractivity contribution is 0.186. The Labute approximate surface area is 124 Å². The zero-order chi connectivity index (χ0) is 14.3. The molecule has 0 heterocycles. The van der Waals surface area contributed by atoms with Crippen molar-refractivity contribution in [2.45, 2.75) is 38.8 Å². The van der Waals surface area contributed by atoms with Gasteiger partial charge in [0.2, 0.25) is 0 Å². The Hall–Kier alpha value is -0.420. The first kappa shape index (κ1) is 16.6. The van der Waals surface area contributed by atoms with Crippen molar-refractivity contribution in [3.63, 3.8) is 0 Å². The number of rotatable bonds is 8. The summed E-state index contributed by atoms with van der Waals surface area (Å²) in [6, 6.07) is 8.73. The first-order chi connectivity index (χ1) is 9.04. The fraction of sp³-hybridized carbons (Fsp3) is 0.600. The summed E-state index contributed by atoms with van der Waals surface area (Å²) in [7, 11) is 0. The molecule has 1 rings (SSSR count). The van der Waals surface area contributed by atoms with Crippen LogP contribution in [0.4, 0.5) is 0 Å². The van der Waals surface area contributed by atoms with Gasteiger partial charge in [0.05, 0.1) is 0 Å². The summed E-state index contributed by atoms with van der Waals surface area (Å²) in [6.45, 7) is 6.51. The molecule has 108 valence electrons. The molecular formula is C15H25BrN2O. The molecule has 1 unspecified atom stereocenters. The highest BCUT2D eigenvalue weighted by molar-refractivity contribution is 9.10. The summed E-state index contributed by atoms with van der Waals surface area (Å²) < 4.78 is 1.07. The molecule has 0 saturated carbocycles. The van der Waals surface area contributed by atoms with Crippen LogP contribution in [-0.2, 0) is 0 Å². The molecule has 3 N–H and O–H groups in total. The number of aliphatic hydroxyl groups excluding tert-OH is 1. The number of aliphatic hydroxyl groups is 1. The molecule has 0 aromatic heterocycles. The molecule has 19 heavy (non-hydrogen) atoms. The van der Waals surface area contributed by atoms with E-state index >= 15 is 0 Å². The number of nitrogens with two attached hydrogens (primary N) is 1. The monoisotopic (exact) mass is 328 g/mol. The summed E-state index contributed by atoms with van der Waals surface area (Å²) in [5.74, 6) is 0. The van der Waals surface area contributed by atoms with Crippen LogP contribution in [0, 0.1) is 0 Å². The van der Waals surface area contributed by atoms with Crippen molar-refractivity contribution < 1.29 is 5.11 Å². The van der Waals surface area contributed by atoms with Crippen molar-refractivity contribution in [3.8, 4) is 0 Å². The second-order valence-electron chi connectivity index (χ2n) is 5.16.